The fraction of sp³-hybridized carbons (Fsp3) is 0.0250. The largest absolute Gasteiger partial charge is 0.226 e. The fourth-order valence-electron chi connectivity index (χ4n) is 5.57. The van der Waals surface area contributed by atoms with Gasteiger partial charge in [-0.05, 0) is 35.8 Å². The Morgan fingerprint density at radius 1 is 0.500 bits per heavy atom. The summed E-state index contributed by atoms with van der Waals surface area (Å²) in [6.45, 7) is 5.98. The third-order valence-corrected chi connectivity index (χ3v) is 9.08. The van der Waals surface area contributed by atoms with E-state index in [0.29, 0.717) is 23.3 Å². The molecule has 3 aromatic heterocycles. The van der Waals surface area contributed by atoms with Gasteiger partial charge in [0.15, 0.2) is 23.3 Å². The highest BCUT2D eigenvalue weighted by Crippen LogP contribution is 2.39. The van der Waals surface area contributed by atoms with Crippen LogP contribution in [0, 0.1) is 0 Å². The fourth-order valence-corrected chi connectivity index (χ4v) is 6.73. The number of hydrogen-bond acceptors (Lipinski definition) is 6. The first-order valence-electron chi connectivity index (χ1n) is 15.0. The summed E-state index contributed by atoms with van der Waals surface area (Å²) in [7, 11) is 0. The van der Waals surface area contributed by atoms with Gasteiger partial charge in [0.25, 0.3) is 0 Å². The standard InChI is InChI=1S/C40H27N5S/c1-25(2)37-43-38(28-14-7-4-8-15-28)45-39(44-37)29-22-20-26(21-23-29)30-16-11-17-31(24-30)40-41-34(27-12-5-3-6-13-27)36-35(42-40)32-18-9-10-19-33(32)46-36/h3-24H,1H2,2H3. The maximum Gasteiger partial charge on any atom is 0.164 e. The SMILES string of the molecule is C=C(C)c1nc(-c2ccccc2)nc(-c2ccc(-c3cccc(-c4nc(-c5ccccc5)c5sc6ccccc6c5n4)c3)cc2)n1. The molecule has 0 bridgehead atoms. The molecule has 5 aromatic carbocycles. The van der Waals surface area contributed by atoms with Gasteiger partial charge in [-0.2, -0.15) is 0 Å². The van der Waals surface area contributed by atoms with Crippen LogP contribution in [0.25, 0.3) is 82.4 Å². The van der Waals surface area contributed by atoms with E-state index in [2.05, 4.69) is 109 Å². The van der Waals surface area contributed by atoms with Crippen molar-refractivity contribution in [1.82, 2.24) is 24.9 Å². The van der Waals surface area contributed by atoms with Gasteiger partial charge >= 0.3 is 0 Å². The van der Waals surface area contributed by atoms with E-state index in [1.807, 2.05) is 43.3 Å². The van der Waals surface area contributed by atoms with Crippen molar-refractivity contribution in [3.8, 4) is 56.5 Å². The minimum atomic E-state index is 0.589. The Hall–Kier alpha value is -5.85. The lowest BCUT2D eigenvalue weighted by atomic mass is 10.0. The summed E-state index contributed by atoms with van der Waals surface area (Å²) in [5.41, 5.74) is 8.78. The second kappa shape index (κ2) is 11.6. The van der Waals surface area contributed by atoms with E-state index in [4.69, 9.17) is 19.9 Å². The van der Waals surface area contributed by atoms with Gasteiger partial charge in [0.2, 0.25) is 0 Å². The lowest BCUT2D eigenvalue weighted by molar-refractivity contribution is 1.03. The number of allylic oxidation sites excluding steroid dienone is 1. The van der Waals surface area contributed by atoms with E-state index < -0.39 is 0 Å². The van der Waals surface area contributed by atoms with Gasteiger partial charge in [0.05, 0.1) is 15.9 Å². The summed E-state index contributed by atoms with van der Waals surface area (Å²) >= 11 is 1.74. The lowest BCUT2D eigenvalue weighted by Gasteiger charge is -2.10. The molecule has 218 valence electrons. The smallest absolute Gasteiger partial charge is 0.164 e. The summed E-state index contributed by atoms with van der Waals surface area (Å²) < 4.78 is 2.31. The molecule has 0 aliphatic heterocycles. The zero-order valence-electron chi connectivity index (χ0n) is 25.1. The summed E-state index contributed by atoms with van der Waals surface area (Å²) in [5, 5.41) is 1.15. The Bertz CT molecular complexity index is 2380. The van der Waals surface area contributed by atoms with Crippen molar-refractivity contribution in [2.75, 3.05) is 0 Å². The number of rotatable bonds is 6. The van der Waals surface area contributed by atoms with Crippen LogP contribution < -0.4 is 0 Å². The van der Waals surface area contributed by atoms with Gasteiger partial charge in [0.1, 0.15) is 0 Å². The average molecular weight is 610 g/mol. The normalized spacial score (nSPS) is 11.2. The van der Waals surface area contributed by atoms with Crippen LogP contribution in [0.2, 0.25) is 0 Å². The van der Waals surface area contributed by atoms with Gasteiger partial charge in [-0.15, -0.1) is 11.3 Å². The maximum atomic E-state index is 5.15. The molecule has 0 aliphatic carbocycles. The third-order valence-electron chi connectivity index (χ3n) is 7.91. The molecular weight excluding hydrogens is 583 g/mol. The molecular formula is C40H27N5S. The molecule has 0 aliphatic rings. The second-order valence-electron chi connectivity index (χ2n) is 11.1. The Balaban J connectivity index is 1.19. The topological polar surface area (TPSA) is 64.5 Å². The lowest BCUT2D eigenvalue weighted by Crippen LogP contribution is -2.01. The molecule has 0 spiro atoms. The molecule has 0 atom stereocenters. The first-order valence-corrected chi connectivity index (χ1v) is 15.9. The maximum absolute atomic E-state index is 5.15. The van der Waals surface area contributed by atoms with E-state index in [9.17, 15) is 0 Å². The molecule has 0 saturated heterocycles. The van der Waals surface area contributed by atoms with Crippen molar-refractivity contribution in [3.63, 3.8) is 0 Å². The summed E-state index contributed by atoms with van der Waals surface area (Å²) in [4.78, 5) is 24.5. The predicted molar refractivity (Wildman–Crippen MR) is 190 cm³/mol. The molecule has 0 unspecified atom stereocenters. The highest BCUT2D eigenvalue weighted by Gasteiger charge is 2.17. The monoisotopic (exact) mass is 609 g/mol. The van der Waals surface area contributed by atoms with Gasteiger partial charge in [-0.3, -0.25) is 0 Å². The van der Waals surface area contributed by atoms with E-state index in [1.54, 1.807) is 11.3 Å². The zero-order chi connectivity index (χ0) is 31.0. The van der Waals surface area contributed by atoms with Crippen LogP contribution in [0.3, 0.4) is 0 Å². The minimum absolute atomic E-state index is 0.589. The highest BCUT2D eigenvalue weighted by atomic mass is 32.1. The minimum Gasteiger partial charge on any atom is -0.226 e. The number of fused-ring (bicyclic) bond motifs is 3. The van der Waals surface area contributed by atoms with Crippen molar-refractivity contribution in [2.24, 2.45) is 0 Å². The van der Waals surface area contributed by atoms with Crippen molar-refractivity contribution in [1.29, 1.82) is 0 Å². The van der Waals surface area contributed by atoms with E-state index in [0.717, 1.165) is 60.3 Å². The third kappa shape index (κ3) is 5.15. The molecule has 0 saturated carbocycles. The molecule has 5 nitrogen and oxygen atoms in total. The Kier molecular flexibility index (Phi) is 6.97. The van der Waals surface area contributed by atoms with Crippen LogP contribution in [0.15, 0.2) is 140 Å². The Labute approximate surface area is 270 Å². The molecule has 3 heterocycles. The summed E-state index contributed by atoms with van der Waals surface area (Å²) in [5.74, 6) is 2.54. The first kappa shape index (κ1) is 27.7. The molecule has 8 rings (SSSR count). The molecule has 0 N–H and O–H groups in total. The molecule has 46 heavy (non-hydrogen) atoms. The summed E-state index contributed by atoms with van der Waals surface area (Å²) in [6.07, 6.45) is 0. The number of nitrogens with zero attached hydrogens (tertiary/aromatic N) is 5. The number of thiophene rings is 1. The molecule has 8 aromatic rings. The van der Waals surface area contributed by atoms with Crippen LogP contribution >= 0.6 is 11.3 Å². The molecule has 6 heteroatoms. The average Bonchev–Trinajstić information content (AvgIpc) is 3.50. The van der Waals surface area contributed by atoms with E-state index >= 15 is 0 Å². The van der Waals surface area contributed by atoms with Crippen molar-refractivity contribution in [2.45, 2.75) is 6.92 Å². The zero-order valence-corrected chi connectivity index (χ0v) is 25.9. The van der Waals surface area contributed by atoms with Crippen LogP contribution in [0.5, 0.6) is 0 Å². The summed E-state index contributed by atoms with van der Waals surface area (Å²) in [6, 6.07) is 45.5. The van der Waals surface area contributed by atoms with Gasteiger partial charge in [-0.25, -0.2) is 24.9 Å². The molecule has 0 amide bonds. The van der Waals surface area contributed by atoms with Gasteiger partial charge < -0.3 is 0 Å². The number of benzene rings is 5. The Morgan fingerprint density at radius 3 is 1.78 bits per heavy atom. The van der Waals surface area contributed by atoms with Crippen LogP contribution in [-0.2, 0) is 0 Å². The quantitative estimate of drug-likeness (QED) is 0.188. The number of hydrogen-bond donors (Lipinski definition) is 0. The van der Waals surface area contributed by atoms with Gasteiger partial charge in [0, 0.05) is 32.3 Å². The van der Waals surface area contributed by atoms with Crippen LogP contribution in [0.1, 0.15) is 12.7 Å². The van der Waals surface area contributed by atoms with E-state index in [-0.39, 0.29) is 0 Å². The van der Waals surface area contributed by atoms with Crippen molar-refractivity contribution < 1.29 is 0 Å². The molecule has 0 radical (unpaired) electrons. The molecule has 0 fully saturated rings. The first-order chi connectivity index (χ1) is 22.6. The Morgan fingerprint density at radius 2 is 1.07 bits per heavy atom. The van der Waals surface area contributed by atoms with Crippen molar-refractivity contribution >= 4 is 37.2 Å². The van der Waals surface area contributed by atoms with Crippen LogP contribution in [-0.4, -0.2) is 24.9 Å². The van der Waals surface area contributed by atoms with E-state index in [1.165, 1.54) is 4.70 Å². The predicted octanol–water partition coefficient (Wildman–Crippen LogP) is 10.4. The van der Waals surface area contributed by atoms with Gasteiger partial charge in [-0.1, -0.05) is 128 Å². The second-order valence-corrected chi connectivity index (χ2v) is 12.2. The highest BCUT2D eigenvalue weighted by molar-refractivity contribution is 7.26. The van der Waals surface area contributed by atoms with Crippen molar-refractivity contribution in [3.05, 3.63) is 146 Å². The van der Waals surface area contributed by atoms with Crippen LogP contribution in [0.4, 0.5) is 0 Å². The number of aromatic nitrogens is 5.